The maximum atomic E-state index is 5.67. The van der Waals surface area contributed by atoms with E-state index < -0.39 is 0 Å². The summed E-state index contributed by atoms with van der Waals surface area (Å²) >= 11 is 5.67. The molecule has 1 heterocycles. The highest BCUT2D eigenvalue weighted by atomic mass is 35.5. The lowest BCUT2D eigenvalue weighted by molar-refractivity contribution is 0.903. The van der Waals surface area contributed by atoms with Gasteiger partial charge in [0, 0.05) is 12.3 Å². The number of rotatable bonds is 3. The molecule has 5 nitrogen and oxygen atoms in total. The molecule has 3 N–H and O–H groups in total. The fourth-order valence-electron chi connectivity index (χ4n) is 0.745. The van der Waals surface area contributed by atoms with Crippen LogP contribution < -0.4 is 11.2 Å². The zero-order chi connectivity index (χ0) is 10.6. The number of halogens is 1. The summed E-state index contributed by atoms with van der Waals surface area (Å²) in [5, 5.41) is 4.24. The summed E-state index contributed by atoms with van der Waals surface area (Å²) in [6, 6.07) is 1.55. The van der Waals surface area contributed by atoms with E-state index in [0.717, 1.165) is 0 Å². The minimum atomic E-state index is 0.125. The van der Waals surface area contributed by atoms with E-state index in [1.165, 1.54) is 0 Å². The standard InChI is InChI=1S/C8H12ClN5/c1-5(2)4-11-14-7-3-6(9)12-8(10)13-7/h3-5H,1-2H3,(H3,10,12,13,14)/b11-4+. The second kappa shape index (κ2) is 4.76. The van der Waals surface area contributed by atoms with Gasteiger partial charge in [0.25, 0.3) is 0 Å². The van der Waals surface area contributed by atoms with Crippen molar-refractivity contribution in [2.75, 3.05) is 11.2 Å². The summed E-state index contributed by atoms with van der Waals surface area (Å²) in [5.74, 6) is 0.983. The number of anilines is 2. The van der Waals surface area contributed by atoms with Crippen molar-refractivity contribution in [1.29, 1.82) is 0 Å². The van der Waals surface area contributed by atoms with Crippen molar-refractivity contribution in [3.05, 3.63) is 11.2 Å². The highest BCUT2D eigenvalue weighted by molar-refractivity contribution is 6.29. The number of nitrogens with zero attached hydrogens (tertiary/aromatic N) is 3. The third-order valence-electron chi connectivity index (χ3n) is 1.26. The topological polar surface area (TPSA) is 76.2 Å². The summed E-state index contributed by atoms with van der Waals surface area (Å²) in [7, 11) is 0. The molecule has 0 saturated carbocycles. The lowest BCUT2D eigenvalue weighted by Gasteiger charge is -2.01. The molecule has 1 aromatic rings. The molecular formula is C8H12ClN5. The molecule has 0 fully saturated rings. The molecule has 1 aromatic heterocycles. The van der Waals surface area contributed by atoms with Crippen molar-refractivity contribution in [3.8, 4) is 0 Å². The molecule has 0 atom stereocenters. The molecule has 0 saturated heterocycles. The Kier molecular flexibility index (Phi) is 3.64. The molecule has 0 spiro atoms. The Hall–Kier alpha value is -1.36. The summed E-state index contributed by atoms with van der Waals surface area (Å²) in [4.78, 5) is 7.61. The minimum Gasteiger partial charge on any atom is -0.368 e. The molecule has 14 heavy (non-hydrogen) atoms. The van der Waals surface area contributed by atoms with E-state index in [0.29, 0.717) is 16.9 Å². The molecule has 0 unspecified atom stereocenters. The molecule has 0 aliphatic carbocycles. The molecule has 0 aliphatic rings. The summed E-state index contributed by atoms with van der Waals surface area (Å²) in [5.41, 5.74) is 8.10. The lowest BCUT2D eigenvalue weighted by Crippen LogP contribution is -2.00. The monoisotopic (exact) mass is 213 g/mol. The summed E-state index contributed by atoms with van der Waals surface area (Å²) < 4.78 is 0. The van der Waals surface area contributed by atoms with Crippen molar-refractivity contribution in [2.45, 2.75) is 13.8 Å². The van der Waals surface area contributed by atoms with E-state index in [9.17, 15) is 0 Å². The van der Waals surface area contributed by atoms with Gasteiger partial charge in [-0.15, -0.1) is 0 Å². The van der Waals surface area contributed by atoms with E-state index in [-0.39, 0.29) is 5.95 Å². The van der Waals surface area contributed by atoms with E-state index in [2.05, 4.69) is 20.5 Å². The molecule has 0 bridgehead atoms. The van der Waals surface area contributed by atoms with Gasteiger partial charge in [-0.2, -0.15) is 10.1 Å². The fraction of sp³-hybridized carbons (Fsp3) is 0.375. The first-order valence-electron chi connectivity index (χ1n) is 4.17. The Morgan fingerprint density at radius 1 is 1.57 bits per heavy atom. The van der Waals surface area contributed by atoms with Crippen LogP contribution in [0.15, 0.2) is 11.2 Å². The van der Waals surface area contributed by atoms with E-state index in [4.69, 9.17) is 17.3 Å². The molecule has 0 radical (unpaired) electrons. The van der Waals surface area contributed by atoms with Crippen molar-refractivity contribution in [2.24, 2.45) is 11.0 Å². The van der Waals surface area contributed by atoms with Crippen LogP contribution in [0.2, 0.25) is 5.15 Å². The predicted octanol–water partition coefficient (Wildman–Crippen LogP) is 1.77. The van der Waals surface area contributed by atoms with E-state index in [1.807, 2.05) is 13.8 Å². The van der Waals surface area contributed by atoms with Crippen molar-refractivity contribution >= 4 is 29.6 Å². The first-order valence-corrected chi connectivity index (χ1v) is 4.55. The summed E-state index contributed by atoms with van der Waals surface area (Å²) in [6.07, 6.45) is 1.76. The maximum Gasteiger partial charge on any atom is 0.223 e. The highest BCUT2D eigenvalue weighted by Gasteiger charge is 1.98. The molecular weight excluding hydrogens is 202 g/mol. The van der Waals surface area contributed by atoms with Gasteiger partial charge in [-0.05, 0) is 5.92 Å². The molecule has 0 amide bonds. The molecule has 0 aliphatic heterocycles. The second-order valence-electron chi connectivity index (χ2n) is 3.07. The van der Waals surface area contributed by atoms with Crippen molar-refractivity contribution in [1.82, 2.24) is 9.97 Å². The average molecular weight is 214 g/mol. The Labute approximate surface area is 87.4 Å². The third kappa shape index (κ3) is 3.57. The SMILES string of the molecule is CC(C)/C=N/Nc1cc(Cl)nc(N)n1. The number of hydrogen-bond donors (Lipinski definition) is 2. The largest absolute Gasteiger partial charge is 0.368 e. The average Bonchev–Trinajstić information content (AvgIpc) is 2.01. The van der Waals surface area contributed by atoms with E-state index >= 15 is 0 Å². The number of nitrogens with one attached hydrogen (secondary N) is 1. The smallest absolute Gasteiger partial charge is 0.223 e. The van der Waals surface area contributed by atoms with Crippen LogP contribution in [0.25, 0.3) is 0 Å². The van der Waals surface area contributed by atoms with Gasteiger partial charge in [0.2, 0.25) is 5.95 Å². The minimum absolute atomic E-state index is 0.125. The Bertz CT molecular complexity index is 316. The number of hydrogen-bond acceptors (Lipinski definition) is 5. The Morgan fingerprint density at radius 2 is 2.29 bits per heavy atom. The van der Waals surface area contributed by atoms with Crippen LogP contribution in [0.3, 0.4) is 0 Å². The third-order valence-corrected chi connectivity index (χ3v) is 1.46. The van der Waals surface area contributed by atoms with Gasteiger partial charge >= 0.3 is 0 Å². The predicted molar refractivity (Wildman–Crippen MR) is 58.4 cm³/mol. The zero-order valence-electron chi connectivity index (χ0n) is 8.03. The van der Waals surface area contributed by atoms with Gasteiger partial charge in [-0.3, -0.25) is 5.43 Å². The lowest BCUT2D eigenvalue weighted by atomic mass is 10.3. The molecule has 1 rings (SSSR count). The van der Waals surface area contributed by atoms with Gasteiger partial charge in [0.15, 0.2) is 5.82 Å². The van der Waals surface area contributed by atoms with Gasteiger partial charge < -0.3 is 5.73 Å². The number of nitrogens with two attached hydrogens (primary N) is 1. The van der Waals surface area contributed by atoms with Crippen LogP contribution >= 0.6 is 11.6 Å². The van der Waals surface area contributed by atoms with Crippen LogP contribution in [0.1, 0.15) is 13.8 Å². The summed E-state index contributed by atoms with van der Waals surface area (Å²) in [6.45, 7) is 4.04. The number of hydrazone groups is 1. The first-order chi connectivity index (χ1) is 6.58. The van der Waals surface area contributed by atoms with E-state index in [1.54, 1.807) is 12.3 Å². The van der Waals surface area contributed by atoms with Gasteiger partial charge in [-0.1, -0.05) is 25.4 Å². The fourth-order valence-corrected chi connectivity index (χ4v) is 0.935. The number of nitrogen functional groups attached to an aromatic ring is 1. The second-order valence-corrected chi connectivity index (χ2v) is 3.46. The molecule has 76 valence electrons. The van der Waals surface area contributed by atoms with Crippen LogP contribution in [0.5, 0.6) is 0 Å². The van der Waals surface area contributed by atoms with Gasteiger partial charge in [-0.25, -0.2) is 4.98 Å². The van der Waals surface area contributed by atoms with Gasteiger partial charge in [0.1, 0.15) is 5.15 Å². The van der Waals surface area contributed by atoms with Crippen LogP contribution in [-0.2, 0) is 0 Å². The van der Waals surface area contributed by atoms with Crippen LogP contribution in [0, 0.1) is 5.92 Å². The normalized spacial score (nSPS) is 11.1. The molecule has 6 heteroatoms. The van der Waals surface area contributed by atoms with Crippen LogP contribution in [-0.4, -0.2) is 16.2 Å². The molecule has 0 aromatic carbocycles. The van der Waals surface area contributed by atoms with Crippen molar-refractivity contribution < 1.29 is 0 Å². The maximum absolute atomic E-state index is 5.67. The number of aromatic nitrogens is 2. The van der Waals surface area contributed by atoms with Crippen molar-refractivity contribution in [3.63, 3.8) is 0 Å². The first kappa shape index (κ1) is 10.7. The Balaban J connectivity index is 2.67. The quantitative estimate of drug-likeness (QED) is 0.456. The van der Waals surface area contributed by atoms with Gasteiger partial charge in [0.05, 0.1) is 0 Å². The highest BCUT2D eigenvalue weighted by Crippen LogP contribution is 2.11. The Morgan fingerprint density at radius 3 is 2.86 bits per heavy atom. The zero-order valence-corrected chi connectivity index (χ0v) is 8.78. The van der Waals surface area contributed by atoms with Crippen LogP contribution in [0.4, 0.5) is 11.8 Å².